The Morgan fingerprint density at radius 1 is 1.26 bits per heavy atom. The van der Waals surface area contributed by atoms with Gasteiger partial charge in [-0.15, -0.1) is 4.91 Å². The second-order valence-electron chi connectivity index (χ2n) is 4.30. The third kappa shape index (κ3) is 3.59. The molecule has 1 aromatic carbocycles. The lowest BCUT2D eigenvalue weighted by Gasteiger charge is -2.12. The fourth-order valence-corrected chi connectivity index (χ4v) is 1.65. The van der Waals surface area contributed by atoms with Crippen molar-refractivity contribution in [2.45, 2.75) is 13.0 Å². The minimum absolute atomic E-state index is 0.351. The second kappa shape index (κ2) is 6.06. The third-order valence-corrected chi connectivity index (χ3v) is 2.77. The molecule has 0 amide bonds. The number of benzene rings is 1. The molecule has 0 aliphatic carbocycles. The smallest absolute Gasteiger partial charge is 0.125 e. The Morgan fingerprint density at radius 2 is 2.00 bits per heavy atom. The van der Waals surface area contributed by atoms with Crippen LogP contribution in [0.3, 0.4) is 0 Å². The van der Waals surface area contributed by atoms with E-state index in [9.17, 15) is 10.0 Å². The molecule has 1 heterocycles. The Bertz CT molecular complexity index is 538. The molecule has 0 bridgehead atoms. The number of aryl methyl sites for hydroxylation is 1. The summed E-state index contributed by atoms with van der Waals surface area (Å²) in [6.45, 7) is 2.32. The van der Waals surface area contributed by atoms with Gasteiger partial charge in [-0.05, 0) is 41.4 Å². The van der Waals surface area contributed by atoms with E-state index in [2.05, 4.69) is 15.5 Å². The number of hydrogen-bond acceptors (Lipinski definition) is 5. The standard InChI is InChI=1S/C14H15N3O2/c1-10-2-7-14(15-8-10)16-9-13(18)11-3-5-12(17-19)6-4-11/h2-8,13,18H,9H2,1H3,(H,15,16). The Morgan fingerprint density at radius 3 is 2.58 bits per heavy atom. The summed E-state index contributed by atoms with van der Waals surface area (Å²) < 4.78 is 0. The van der Waals surface area contributed by atoms with Crippen molar-refractivity contribution < 1.29 is 5.11 Å². The van der Waals surface area contributed by atoms with Crippen LogP contribution in [0.4, 0.5) is 11.5 Å². The van der Waals surface area contributed by atoms with Crippen LogP contribution in [-0.2, 0) is 0 Å². The van der Waals surface area contributed by atoms with Gasteiger partial charge in [0.05, 0.1) is 6.10 Å². The fourth-order valence-electron chi connectivity index (χ4n) is 1.65. The molecule has 1 unspecified atom stereocenters. The molecule has 19 heavy (non-hydrogen) atoms. The summed E-state index contributed by atoms with van der Waals surface area (Å²) in [5.41, 5.74) is 2.17. The van der Waals surface area contributed by atoms with Crippen molar-refractivity contribution in [3.8, 4) is 0 Å². The lowest BCUT2D eigenvalue weighted by molar-refractivity contribution is 0.191. The predicted octanol–water partition coefficient (Wildman–Crippen LogP) is 2.93. The van der Waals surface area contributed by atoms with E-state index in [0.717, 1.165) is 16.9 Å². The minimum atomic E-state index is -0.663. The molecule has 0 aliphatic heterocycles. The highest BCUT2D eigenvalue weighted by atomic mass is 16.3. The first-order chi connectivity index (χ1) is 9.19. The number of aromatic nitrogens is 1. The molecule has 5 nitrogen and oxygen atoms in total. The molecule has 0 saturated heterocycles. The molecule has 98 valence electrons. The number of nitrogens with one attached hydrogen (secondary N) is 1. The highest BCUT2D eigenvalue weighted by Crippen LogP contribution is 2.18. The van der Waals surface area contributed by atoms with E-state index in [-0.39, 0.29) is 0 Å². The molecule has 0 aliphatic rings. The molecule has 1 aromatic heterocycles. The average Bonchev–Trinajstić information content (AvgIpc) is 2.46. The maximum absolute atomic E-state index is 10.3. The largest absolute Gasteiger partial charge is 0.387 e. The van der Waals surface area contributed by atoms with Gasteiger partial charge in [0.1, 0.15) is 11.5 Å². The van der Waals surface area contributed by atoms with E-state index in [1.807, 2.05) is 19.1 Å². The number of hydrogen-bond donors (Lipinski definition) is 2. The molecule has 2 rings (SSSR count). The molecule has 0 spiro atoms. The molecule has 2 aromatic rings. The van der Waals surface area contributed by atoms with Gasteiger partial charge >= 0.3 is 0 Å². The highest BCUT2D eigenvalue weighted by molar-refractivity contribution is 5.40. The first-order valence-electron chi connectivity index (χ1n) is 5.97. The van der Waals surface area contributed by atoms with Gasteiger partial charge in [0.15, 0.2) is 0 Å². The van der Waals surface area contributed by atoms with E-state index in [1.165, 1.54) is 0 Å². The average molecular weight is 257 g/mol. The summed E-state index contributed by atoms with van der Waals surface area (Å²) in [5.74, 6) is 0.718. The molecule has 0 fully saturated rings. The van der Waals surface area contributed by atoms with Gasteiger partial charge in [-0.2, -0.15) is 0 Å². The maximum Gasteiger partial charge on any atom is 0.125 e. The van der Waals surface area contributed by atoms with Crippen molar-refractivity contribution in [3.05, 3.63) is 58.6 Å². The summed E-state index contributed by atoms with van der Waals surface area (Å²) in [5, 5.41) is 15.9. The van der Waals surface area contributed by atoms with Crippen molar-refractivity contribution in [3.63, 3.8) is 0 Å². The second-order valence-corrected chi connectivity index (χ2v) is 4.30. The Balaban J connectivity index is 1.94. The fraction of sp³-hybridized carbons (Fsp3) is 0.214. The number of rotatable bonds is 5. The third-order valence-electron chi connectivity index (χ3n) is 2.77. The van der Waals surface area contributed by atoms with Crippen molar-refractivity contribution in [2.75, 3.05) is 11.9 Å². The maximum atomic E-state index is 10.3. The van der Waals surface area contributed by atoms with Crippen LogP contribution in [0.2, 0.25) is 0 Å². The van der Waals surface area contributed by atoms with Crippen LogP contribution in [0.1, 0.15) is 17.2 Å². The van der Waals surface area contributed by atoms with Crippen LogP contribution in [0.15, 0.2) is 47.8 Å². The van der Waals surface area contributed by atoms with E-state index in [1.54, 1.807) is 30.5 Å². The van der Waals surface area contributed by atoms with Gasteiger partial charge in [0, 0.05) is 12.7 Å². The molecule has 2 N–H and O–H groups in total. The number of pyridine rings is 1. The van der Waals surface area contributed by atoms with Gasteiger partial charge in [-0.25, -0.2) is 4.98 Å². The molecular weight excluding hydrogens is 242 g/mol. The summed E-state index contributed by atoms with van der Waals surface area (Å²) in [4.78, 5) is 14.5. The predicted molar refractivity (Wildman–Crippen MR) is 74.3 cm³/mol. The zero-order valence-electron chi connectivity index (χ0n) is 10.6. The molecule has 1 atom stereocenters. The van der Waals surface area contributed by atoms with Crippen LogP contribution in [0.25, 0.3) is 0 Å². The highest BCUT2D eigenvalue weighted by Gasteiger charge is 2.07. The number of aliphatic hydroxyl groups excluding tert-OH is 1. The van der Waals surface area contributed by atoms with Crippen LogP contribution >= 0.6 is 0 Å². The number of anilines is 1. The van der Waals surface area contributed by atoms with Gasteiger partial charge in [0.2, 0.25) is 0 Å². The van der Waals surface area contributed by atoms with E-state index < -0.39 is 6.10 Å². The van der Waals surface area contributed by atoms with Gasteiger partial charge in [-0.3, -0.25) is 0 Å². The SMILES string of the molecule is Cc1ccc(NCC(O)c2ccc(N=O)cc2)nc1. The zero-order valence-corrected chi connectivity index (χ0v) is 10.6. The van der Waals surface area contributed by atoms with Crippen LogP contribution in [0.5, 0.6) is 0 Å². The number of nitroso groups, excluding NO2 is 1. The summed E-state index contributed by atoms with van der Waals surface area (Å²) >= 11 is 0. The Kier molecular flexibility index (Phi) is 4.20. The molecule has 0 radical (unpaired) electrons. The zero-order chi connectivity index (χ0) is 13.7. The van der Waals surface area contributed by atoms with Crippen molar-refractivity contribution >= 4 is 11.5 Å². The number of aliphatic hydroxyl groups is 1. The van der Waals surface area contributed by atoms with E-state index >= 15 is 0 Å². The monoisotopic (exact) mass is 257 g/mol. The normalized spacial score (nSPS) is 11.9. The molecular formula is C14H15N3O2. The van der Waals surface area contributed by atoms with E-state index in [0.29, 0.717) is 12.2 Å². The molecule has 0 saturated carbocycles. The number of nitrogens with zero attached hydrogens (tertiary/aromatic N) is 2. The van der Waals surface area contributed by atoms with Crippen LogP contribution < -0.4 is 5.32 Å². The first kappa shape index (κ1) is 13.2. The van der Waals surface area contributed by atoms with Crippen LogP contribution in [-0.4, -0.2) is 16.6 Å². The Labute approximate surface area is 111 Å². The quantitative estimate of drug-likeness (QED) is 0.807. The van der Waals surface area contributed by atoms with Gasteiger partial charge in [0.25, 0.3) is 0 Å². The van der Waals surface area contributed by atoms with Crippen LogP contribution in [0, 0.1) is 11.8 Å². The van der Waals surface area contributed by atoms with Crippen molar-refractivity contribution in [2.24, 2.45) is 5.18 Å². The first-order valence-corrected chi connectivity index (χ1v) is 5.97. The van der Waals surface area contributed by atoms with Crippen molar-refractivity contribution in [1.29, 1.82) is 0 Å². The topological polar surface area (TPSA) is 74.6 Å². The summed E-state index contributed by atoms with van der Waals surface area (Å²) in [6, 6.07) is 10.3. The lowest BCUT2D eigenvalue weighted by atomic mass is 10.1. The minimum Gasteiger partial charge on any atom is -0.387 e. The lowest BCUT2D eigenvalue weighted by Crippen LogP contribution is -2.12. The summed E-state index contributed by atoms with van der Waals surface area (Å²) in [7, 11) is 0. The Hall–Kier alpha value is -2.27. The van der Waals surface area contributed by atoms with Gasteiger partial charge in [-0.1, -0.05) is 18.2 Å². The summed E-state index contributed by atoms with van der Waals surface area (Å²) in [6.07, 6.45) is 1.10. The molecule has 5 heteroatoms. The van der Waals surface area contributed by atoms with E-state index in [4.69, 9.17) is 0 Å². The van der Waals surface area contributed by atoms with Gasteiger partial charge < -0.3 is 10.4 Å². The van der Waals surface area contributed by atoms with Crippen molar-refractivity contribution in [1.82, 2.24) is 4.98 Å².